The third-order valence-electron chi connectivity index (χ3n) is 6.90. The van der Waals surface area contributed by atoms with Crippen molar-refractivity contribution in [3.8, 4) is 0 Å². The summed E-state index contributed by atoms with van der Waals surface area (Å²) in [7, 11) is 1.77. The molecule has 5 rings (SSSR count). The standard InChI is InChI=1S/C22H29N7O3/c1-14(2)24-21(32)28-8-5-22(13-28)6-9-29-19(31)16-12-27(7-4-17(16)25-20(22)29)18(30)15-10-23-26(3)11-15/h10-11,14H,4-9,12-13H2,1-3H3,(H,24,32). The van der Waals surface area contributed by atoms with E-state index >= 15 is 0 Å². The SMILES string of the molecule is CC(C)NC(=O)N1CCC2(CCn3c2nc2c(c3=O)CN(C(=O)c3cnn(C)c3)CC2)C1. The minimum atomic E-state index is -0.259. The van der Waals surface area contributed by atoms with Crippen LogP contribution in [0.15, 0.2) is 17.2 Å². The lowest BCUT2D eigenvalue weighted by atomic mass is 9.85. The van der Waals surface area contributed by atoms with Crippen LogP contribution in [0, 0.1) is 0 Å². The van der Waals surface area contributed by atoms with Crippen molar-refractivity contribution in [1.82, 2.24) is 34.4 Å². The maximum atomic E-state index is 13.4. The number of urea groups is 1. The number of fused-ring (bicyclic) bond motifs is 3. The van der Waals surface area contributed by atoms with Crippen LogP contribution in [0.4, 0.5) is 4.79 Å². The van der Waals surface area contributed by atoms with Gasteiger partial charge in [0.15, 0.2) is 0 Å². The van der Waals surface area contributed by atoms with Crippen LogP contribution < -0.4 is 10.9 Å². The third kappa shape index (κ3) is 3.28. The van der Waals surface area contributed by atoms with E-state index < -0.39 is 0 Å². The second-order valence-corrected chi connectivity index (χ2v) is 9.50. The molecule has 1 N–H and O–H groups in total. The van der Waals surface area contributed by atoms with Gasteiger partial charge in [-0.3, -0.25) is 18.8 Å². The molecule has 1 saturated heterocycles. The first-order valence-electron chi connectivity index (χ1n) is 11.2. The molecule has 2 aromatic rings. The lowest BCUT2D eigenvalue weighted by Crippen LogP contribution is -2.44. The Labute approximate surface area is 186 Å². The number of aryl methyl sites for hydroxylation is 1. The van der Waals surface area contributed by atoms with E-state index in [1.54, 1.807) is 33.6 Å². The van der Waals surface area contributed by atoms with Crippen molar-refractivity contribution in [3.05, 3.63) is 45.4 Å². The van der Waals surface area contributed by atoms with Crippen molar-refractivity contribution in [2.75, 3.05) is 19.6 Å². The summed E-state index contributed by atoms with van der Waals surface area (Å²) in [4.78, 5) is 47.3. The van der Waals surface area contributed by atoms with Crippen molar-refractivity contribution < 1.29 is 9.59 Å². The summed E-state index contributed by atoms with van der Waals surface area (Å²) >= 11 is 0. The van der Waals surface area contributed by atoms with Crippen LogP contribution in [0.5, 0.6) is 0 Å². The molecule has 1 fully saturated rings. The number of likely N-dealkylation sites (tertiary alicyclic amines) is 1. The van der Waals surface area contributed by atoms with Gasteiger partial charge < -0.3 is 15.1 Å². The summed E-state index contributed by atoms with van der Waals surface area (Å²) in [6, 6.07) is 0.0280. The second kappa shape index (κ2) is 7.46. The number of hydrogen-bond donors (Lipinski definition) is 1. The van der Waals surface area contributed by atoms with Gasteiger partial charge in [-0.25, -0.2) is 9.78 Å². The fourth-order valence-corrected chi connectivity index (χ4v) is 5.22. The van der Waals surface area contributed by atoms with Crippen molar-refractivity contribution in [3.63, 3.8) is 0 Å². The maximum Gasteiger partial charge on any atom is 0.317 e. The van der Waals surface area contributed by atoms with Crippen molar-refractivity contribution in [2.45, 2.75) is 57.7 Å². The first-order valence-corrected chi connectivity index (χ1v) is 11.2. The Balaban J connectivity index is 1.40. The molecule has 3 aliphatic rings. The average molecular weight is 440 g/mol. The van der Waals surface area contributed by atoms with Gasteiger partial charge in [-0.1, -0.05) is 0 Å². The number of rotatable bonds is 2. The Bertz CT molecular complexity index is 1150. The minimum Gasteiger partial charge on any atom is -0.336 e. The number of nitrogens with one attached hydrogen (secondary N) is 1. The van der Waals surface area contributed by atoms with E-state index in [-0.39, 0.29) is 35.5 Å². The van der Waals surface area contributed by atoms with Crippen LogP contribution in [-0.2, 0) is 32.0 Å². The Hall–Kier alpha value is -3.17. The van der Waals surface area contributed by atoms with Gasteiger partial charge in [-0.05, 0) is 26.7 Å². The minimum absolute atomic E-state index is 0.0457. The third-order valence-corrected chi connectivity index (χ3v) is 6.90. The Morgan fingerprint density at radius 3 is 2.66 bits per heavy atom. The van der Waals surface area contributed by atoms with E-state index in [4.69, 9.17) is 4.98 Å². The zero-order valence-corrected chi connectivity index (χ0v) is 18.8. The number of nitrogens with zero attached hydrogens (tertiary/aromatic N) is 6. The summed E-state index contributed by atoms with van der Waals surface area (Å²) in [5, 5.41) is 7.04. The van der Waals surface area contributed by atoms with Gasteiger partial charge in [0.25, 0.3) is 11.5 Å². The zero-order chi connectivity index (χ0) is 22.6. The van der Waals surface area contributed by atoms with Crippen LogP contribution in [0.25, 0.3) is 0 Å². The molecule has 1 spiro atoms. The molecule has 0 aromatic carbocycles. The normalized spacial score (nSPS) is 21.9. The molecule has 2 aromatic heterocycles. The van der Waals surface area contributed by atoms with Gasteiger partial charge in [-0.2, -0.15) is 5.10 Å². The molecule has 10 heteroatoms. The molecule has 1 atom stereocenters. The summed E-state index contributed by atoms with van der Waals surface area (Å²) in [5.74, 6) is 0.695. The molecule has 0 radical (unpaired) electrons. The van der Waals surface area contributed by atoms with Gasteiger partial charge in [-0.15, -0.1) is 0 Å². The number of amides is 3. The highest BCUT2D eigenvalue weighted by Crippen LogP contribution is 2.41. The average Bonchev–Trinajstić information content (AvgIpc) is 3.47. The molecular weight excluding hydrogens is 410 g/mol. The van der Waals surface area contributed by atoms with Gasteiger partial charge in [0, 0.05) is 57.3 Å². The number of carbonyl (C=O) groups excluding carboxylic acids is 2. The molecule has 0 saturated carbocycles. The molecule has 32 heavy (non-hydrogen) atoms. The summed E-state index contributed by atoms with van der Waals surface area (Å²) < 4.78 is 3.38. The lowest BCUT2D eigenvalue weighted by Gasteiger charge is -2.29. The molecule has 170 valence electrons. The molecule has 5 heterocycles. The van der Waals surface area contributed by atoms with Crippen LogP contribution in [0.1, 0.15) is 54.1 Å². The largest absolute Gasteiger partial charge is 0.336 e. The van der Waals surface area contributed by atoms with Gasteiger partial charge in [0.05, 0.1) is 29.6 Å². The first kappa shape index (κ1) is 20.7. The second-order valence-electron chi connectivity index (χ2n) is 9.50. The quantitative estimate of drug-likeness (QED) is 0.739. The summed E-state index contributed by atoms with van der Waals surface area (Å²) in [6.45, 7) is 6.54. The highest BCUT2D eigenvalue weighted by molar-refractivity contribution is 5.93. The number of hydrogen-bond acceptors (Lipinski definition) is 5. The van der Waals surface area contributed by atoms with E-state index in [2.05, 4.69) is 10.4 Å². The van der Waals surface area contributed by atoms with E-state index in [0.29, 0.717) is 43.7 Å². The van der Waals surface area contributed by atoms with Gasteiger partial charge in [0.2, 0.25) is 0 Å². The highest BCUT2D eigenvalue weighted by atomic mass is 16.2. The van der Waals surface area contributed by atoms with E-state index in [1.165, 1.54) is 0 Å². The molecule has 1 unspecified atom stereocenters. The van der Waals surface area contributed by atoms with E-state index in [0.717, 1.165) is 24.4 Å². The molecule has 0 bridgehead atoms. The molecule has 0 aliphatic carbocycles. The summed E-state index contributed by atoms with van der Waals surface area (Å²) in [6.07, 6.45) is 5.42. The molecule has 10 nitrogen and oxygen atoms in total. The molecule has 3 amide bonds. The maximum absolute atomic E-state index is 13.4. The Kier molecular flexibility index (Phi) is 4.83. The smallest absolute Gasteiger partial charge is 0.317 e. The topological polar surface area (TPSA) is 105 Å². The predicted octanol–water partition coefficient (Wildman–Crippen LogP) is 0.641. The fraction of sp³-hybridized carbons (Fsp3) is 0.591. The predicted molar refractivity (Wildman–Crippen MR) is 116 cm³/mol. The Morgan fingerprint density at radius 1 is 1.16 bits per heavy atom. The van der Waals surface area contributed by atoms with Gasteiger partial charge in [0.1, 0.15) is 5.82 Å². The van der Waals surface area contributed by atoms with Crippen molar-refractivity contribution in [1.29, 1.82) is 0 Å². The van der Waals surface area contributed by atoms with Crippen LogP contribution >= 0.6 is 0 Å². The zero-order valence-electron chi connectivity index (χ0n) is 18.8. The van der Waals surface area contributed by atoms with Gasteiger partial charge >= 0.3 is 6.03 Å². The monoisotopic (exact) mass is 439 g/mol. The molecule has 3 aliphatic heterocycles. The van der Waals surface area contributed by atoms with Crippen LogP contribution in [0.3, 0.4) is 0 Å². The fourth-order valence-electron chi connectivity index (χ4n) is 5.22. The summed E-state index contributed by atoms with van der Waals surface area (Å²) in [5.41, 5.74) is 1.63. The number of aromatic nitrogens is 4. The van der Waals surface area contributed by atoms with E-state index in [1.807, 2.05) is 18.7 Å². The molecular formula is C22H29N7O3. The van der Waals surface area contributed by atoms with Crippen molar-refractivity contribution >= 4 is 11.9 Å². The number of carbonyl (C=O) groups is 2. The van der Waals surface area contributed by atoms with Crippen LogP contribution in [0.2, 0.25) is 0 Å². The van der Waals surface area contributed by atoms with Crippen LogP contribution in [-0.4, -0.2) is 66.7 Å². The van der Waals surface area contributed by atoms with E-state index in [9.17, 15) is 14.4 Å². The Morgan fingerprint density at radius 2 is 1.94 bits per heavy atom. The first-order chi connectivity index (χ1) is 15.3. The van der Waals surface area contributed by atoms with Crippen molar-refractivity contribution in [2.24, 2.45) is 7.05 Å². The highest BCUT2D eigenvalue weighted by Gasteiger charge is 2.48. The lowest BCUT2D eigenvalue weighted by molar-refractivity contribution is 0.0732.